The predicted octanol–water partition coefficient (Wildman–Crippen LogP) is 2.47. The van der Waals surface area contributed by atoms with Gasteiger partial charge < -0.3 is 5.11 Å². The summed E-state index contributed by atoms with van der Waals surface area (Å²) in [5.74, 6) is 0. The molecule has 3 nitrogen and oxygen atoms in total. The van der Waals surface area contributed by atoms with Gasteiger partial charge in [-0.15, -0.1) is 5.10 Å². The molecular weight excluding hydrogens is 232 g/mol. The first-order valence-electron chi connectivity index (χ1n) is 4.45. The molecule has 15 heavy (non-hydrogen) atoms. The monoisotopic (exact) mass is 240 g/mol. The predicted molar refractivity (Wildman–Crippen MR) is 60.0 cm³/mol. The highest BCUT2D eigenvalue weighted by molar-refractivity contribution is 7.03. The van der Waals surface area contributed by atoms with Crippen molar-refractivity contribution in [3.8, 4) is 0 Å². The van der Waals surface area contributed by atoms with Gasteiger partial charge in [-0.1, -0.05) is 28.2 Å². The maximum Gasteiger partial charge on any atom is 0.104 e. The molecule has 0 saturated carbocycles. The molecular formula is C10H9ClN2OS. The SMILES string of the molecule is OC(Cc1ccc(Cl)cc1)c1csnn1. The molecule has 5 heteroatoms. The Kier molecular flexibility index (Phi) is 3.30. The van der Waals surface area contributed by atoms with Crippen molar-refractivity contribution in [1.82, 2.24) is 9.59 Å². The van der Waals surface area contributed by atoms with Crippen LogP contribution in [0.1, 0.15) is 17.4 Å². The molecule has 0 radical (unpaired) electrons. The summed E-state index contributed by atoms with van der Waals surface area (Å²) < 4.78 is 3.71. The summed E-state index contributed by atoms with van der Waals surface area (Å²) in [6.45, 7) is 0. The lowest BCUT2D eigenvalue weighted by Crippen LogP contribution is -2.02. The van der Waals surface area contributed by atoms with E-state index in [9.17, 15) is 5.11 Å². The van der Waals surface area contributed by atoms with Crippen LogP contribution in [0.15, 0.2) is 29.6 Å². The molecule has 0 saturated heterocycles. The van der Waals surface area contributed by atoms with Crippen molar-refractivity contribution in [3.05, 3.63) is 45.9 Å². The van der Waals surface area contributed by atoms with Crippen molar-refractivity contribution in [3.63, 3.8) is 0 Å². The molecule has 0 spiro atoms. The molecule has 1 N–H and O–H groups in total. The van der Waals surface area contributed by atoms with Crippen LogP contribution < -0.4 is 0 Å². The summed E-state index contributed by atoms with van der Waals surface area (Å²) >= 11 is 7.00. The number of halogens is 1. The summed E-state index contributed by atoms with van der Waals surface area (Å²) in [4.78, 5) is 0. The van der Waals surface area contributed by atoms with Crippen LogP contribution in [0, 0.1) is 0 Å². The molecule has 1 aromatic heterocycles. The number of aliphatic hydroxyl groups is 1. The van der Waals surface area contributed by atoms with Crippen molar-refractivity contribution >= 4 is 23.1 Å². The molecule has 0 aliphatic rings. The average molecular weight is 241 g/mol. The summed E-state index contributed by atoms with van der Waals surface area (Å²) in [6.07, 6.45) is -0.0623. The summed E-state index contributed by atoms with van der Waals surface area (Å²) in [6, 6.07) is 7.41. The van der Waals surface area contributed by atoms with Gasteiger partial charge in [0.15, 0.2) is 0 Å². The molecule has 0 aliphatic heterocycles. The molecule has 2 rings (SSSR count). The lowest BCUT2D eigenvalue weighted by atomic mass is 10.1. The molecule has 78 valence electrons. The van der Waals surface area contributed by atoms with Gasteiger partial charge in [0.1, 0.15) is 11.8 Å². The second kappa shape index (κ2) is 4.70. The largest absolute Gasteiger partial charge is 0.386 e. The van der Waals surface area contributed by atoms with Gasteiger partial charge in [-0.25, -0.2) is 0 Å². The second-order valence-corrected chi connectivity index (χ2v) is 4.22. The quantitative estimate of drug-likeness (QED) is 0.897. The third-order valence-electron chi connectivity index (χ3n) is 2.06. The first-order valence-corrected chi connectivity index (χ1v) is 5.66. The third kappa shape index (κ3) is 2.75. The normalized spacial score (nSPS) is 12.7. The van der Waals surface area contributed by atoms with Crippen molar-refractivity contribution in [2.45, 2.75) is 12.5 Å². The number of nitrogens with zero attached hydrogens (tertiary/aromatic N) is 2. The van der Waals surface area contributed by atoms with E-state index in [0.29, 0.717) is 17.1 Å². The summed E-state index contributed by atoms with van der Waals surface area (Å²) in [5, 5.41) is 16.1. The molecule has 0 amide bonds. The first kappa shape index (κ1) is 10.5. The van der Waals surface area contributed by atoms with Gasteiger partial charge in [-0.3, -0.25) is 0 Å². The highest BCUT2D eigenvalue weighted by Crippen LogP contribution is 2.18. The molecule has 0 aliphatic carbocycles. The van der Waals surface area contributed by atoms with Gasteiger partial charge in [-0.05, 0) is 29.2 Å². The highest BCUT2D eigenvalue weighted by atomic mass is 35.5. The van der Waals surface area contributed by atoms with Crippen LogP contribution >= 0.6 is 23.1 Å². The van der Waals surface area contributed by atoms with E-state index in [1.807, 2.05) is 24.3 Å². The molecule has 2 aromatic rings. The fourth-order valence-electron chi connectivity index (χ4n) is 1.27. The van der Waals surface area contributed by atoms with Crippen LogP contribution in [0.2, 0.25) is 5.02 Å². The van der Waals surface area contributed by atoms with E-state index in [-0.39, 0.29) is 0 Å². The van der Waals surface area contributed by atoms with Crippen molar-refractivity contribution < 1.29 is 5.11 Å². The zero-order valence-electron chi connectivity index (χ0n) is 7.80. The Balaban J connectivity index is 2.06. The van der Waals surface area contributed by atoms with E-state index in [1.54, 1.807) is 5.38 Å². The van der Waals surface area contributed by atoms with Gasteiger partial charge in [0.25, 0.3) is 0 Å². The lowest BCUT2D eigenvalue weighted by Gasteiger charge is -2.06. The van der Waals surface area contributed by atoms with Gasteiger partial charge in [0.05, 0.1) is 0 Å². The van der Waals surface area contributed by atoms with E-state index < -0.39 is 6.10 Å². The molecule has 0 fully saturated rings. The number of benzene rings is 1. The Hall–Kier alpha value is -0.970. The Labute approximate surface area is 96.5 Å². The molecule has 1 aromatic carbocycles. The zero-order chi connectivity index (χ0) is 10.7. The Bertz CT molecular complexity index is 415. The van der Waals surface area contributed by atoms with E-state index in [4.69, 9.17) is 11.6 Å². The van der Waals surface area contributed by atoms with Gasteiger partial charge >= 0.3 is 0 Å². The maximum atomic E-state index is 9.80. The Morgan fingerprint density at radius 1 is 1.33 bits per heavy atom. The fraction of sp³-hybridized carbons (Fsp3) is 0.200. The van der Waals surface area contributed by atoms with Crippen molar-refractivity contribution in [2.24, 2.45) is 0 Å². The van der Waals surface area contributed by atoms with Gasteiger partial charge in [0, 0.05) is 16.8 Å². The Morgan fingerprint density at radius 3 is 2.67 bits per heavy atom. The second-order valence-electron chi connectivity index (χ2n) is 3.18. The van der Waals surface area contributed by atoms with Crippen LogP contribution in [0.4, 0.5) is 0 Å². The minimum atomic E-state index is -0.593. The number of rotatable bonds is 3. The fourth-order valence-corrected chi connectivity index (χ4v) is 1.89. The standard InChI is InChI=1S/C10H9ClN2OS/c11-8-3-1-7(2-4-8)5-10(14)9-6-15-13-12-9/h1-4,6,10,14H,5H2. The number of hydrogen-bond acceptors (Lipinski definition) is 4. The van der Waals surface area contributed by atoms with Gasteiger partial charge in [0.2, 0.25) is 0 Å². The van der Waals surface area contributed by atoms with Crippen LogP contribution in [0.5, 0.6) is 0 Å². The number of aromatic nitrogens is 2. The van der Waals surface area contributed by atoms with E-state index >= 15 is 0 Å². The molecule has 1 unspecified atom stereocenters. The van der Waals surface area contributed by atoms with Crippen LogP contribution in [0.3, 0.4) is 0 Å². The molecule has 1 atom stereocenters. The summed E-state index contributed by atoms with van der Waals surface area (Å²) in [5.41, 5.74) is 1.65. The first-order chi connectivity index (χ1) is 7.25. The molecule has 1 heterocycles. The summed E-state index contributed by atoms with van der Waals surface area (Å²) in [7, 11) is 0. The highest BCUT2D eigenvalue weighted by Gasteiger charge is 2.10. The smallest absolute Gasteiger partial charge is 0.104 e. The lowest BCUT2D eigenvalue weighted by molar-refractivity contribution is 0.173. The van der Waals surface area contributed by atoms with E-state index in [1.165, 1.54) is 11.5 Å². The van der Waals surface area contributed by atoms with Crippen LogP contribution in [0.25, 0.3) is 0 Å². The molecule has 0 bridgehead atoms. The van der Waals surface area contributed by atoms with Gasteiger partial charge in [-0.2, -0.15) is 0 Å². The Morgan fingerprint density at radius 2 is 2.07 bits per heavy atom. The topological polar surface area (TPSA) is 46.0 Å². The maximum absolute atomic E-state index is 9.80. The van der Waals surface area contributed by atoms with Crippen LogP contribution in [-0.2, 0) is 6.42 Å². The average Bonchev–Trinajstić information content (AvgIpc) is 2.74. The third-order valence-corrected chi connectivity index (χ3v) is 2.84. The number of aliphatic hydroxyl groups excluding tert-OH is 1. The minimum absolute atomic E-state index is 0.530. The zero-order valence-corrected chi connectivity index (χ0v) is 9.37. The minimum Gasteiger partial charge on any atom is -0.386 e. The van der Waals surface area contributed by atoms with E-state index in [0.717, 1.165) is 5.56 Å². The number of hydrogen-bond donors (Lipinski definition) is 1. The van der Waals surface area contributed by atoms with E-state index in [2.05, 4.69) is 9.59 Å². The van der Waals surface area contributed by atoms with Crippen molar-refractivity contribution in [2.75, 3.05) is 0 Å². The van der Waals surface area contributed by atoms with Crippen LogP contribution in [-0.4, -0.2) is 14.7 Å². The van der Waals surface area contributed by atoms with Crippen molar-refractivity contribution in [1.29, 1.82) is 0 Å².